The summed E-state index contributed by atoms with van der Waals surface area (Å²) in [6, 6.07) is 15.1. The Labute approximate surface area is 184 Å². The number of carbonyl (C=O) groups excluding carboxylic acids is 1. The Balaban J connectivity index is 1.42. The van der Waals surface area contributed by atoms with E-state index in [2.05, 4.69) is 22.3 Å². The maximum Gasteiger partial charge on any atom is 0.263 e. The first-order valence-electron chi connectivity index (χ1n) is 10.8. The summed E-state index contributed by atoms with van der Waals surface area (Å²) in [4.78, 5) is 15.3. The molecule has 1 N–H and O–H groups in total. The molecule has 1 fully saturated rings. The molecule has 1 saturated heterocycles. The van der Waals surface area contributed by atoms with Crippen LogP contribution < -0.4 is 14.4 Å². The second kappa shape index (κ2) is 9.28. The van der Waals surface area contributed by atoms with Crippen LogP contribution in [0.3, 0.4) is 0 Å². The quantitative estimate of drug-likeness (QED) is 0.711. The minimum Gasteiger partial charge on any atom is -0.476 e. The largest absolute Gasteiger partial charge is 0.476 e. The fourth-order valence-corrected chi connectivity index (χ4v) is 5.22. The van der Waals surface area contributed by atoms with E-state index in [4.69, 9.17) is 4.74 Å². The standard InChI is InChI=1S/C23H29N3O4S/c1-2-31(28,29)26-17-22(30-21-11-4-3-10-20(21)26)23(27)24-15-18-8-7-9-19(14-18)16-25-12-5-6-13-25/h3-4,7-11,14,22H,2,5-6,12-13,15-17H2,1H3,(H,24,27). The van der Waals surface area contributed by atoms with Gasteiger partial charge in [-0.15, -0.1) is 0 Å². The molecule has 31 heavy (non-hydrogen) atoms. The highest BCUT2D eigenvalue weighted by Crippen LogP contribution is 2.35. The van der Waals surface area contributed by atoms with Gasteiger partial charge in [0.25, 0.3) is 5.91 Å². The topological polar surface area (TPSA) is 79.0 Å². The van der Waals surface area contributed by atoms with Crippen LogP contribution >= 0.6 is 0 Å². The Morgan fingerprint density at radius 3 is 2.61 bits per heavy atom. The molecule has 0 saturated carbocycles. The number of rotatable bonds is 7. The maximum absolute atomic E-state index is 12.8. The number of hydrogen-bond donors (Lipinski definition) is 1. The molecule has 2 heterocycles. The van der Waals surface area contributed by atoms with E-state index in [1.54, 1.807) is 31.2 Å². The third-order valence-corrected chi connectivity index (χ3v) is 7.54. The van der Waals surface area contributed by atoms with Crippen LogP contribution in [0.5, 0.6) is 5.75 Å². The molecule has 166 valence electrons. The lowest BCUT2D eigenvalue weighted by Gasteiger charge is -2.34. The van der Waals surface area contributed by atoms with Gasteiger partial charge < -0.3 is 10.1 Å². The number of ether oxygens (including phenoxy) is 1. The van der Waals surface area contributed by atoms with E-state index < -0.39 is 16.1 Å². The minimum atomic E-state index is -3.52. The van der Waals surface area contributed by atoms with Gasteiger partial charge in [0, 0.05) is 13.1 Å². The highest BCUT2D eigenvalue weighted by atomic mass is 32.2. The van der Waals surface area contributed by atoms with Crippen molar-refractivity contribution in [1.82, 2.24) is 10.2 Å². The predicted molar refractivity (Wildman–Crippen MR) is 120 cm³/mol. The summed E-state index contributed by atoms with van der Waals surface area (Å²) in [6.07, 6.45) is 1.61. The number of para-hydroxylation sites is 2. The number of amides is 1. The van der Waals surface area contributed by atoms with Crippen LogP contribution in [-0.4, -0.2) is 50.7 Å². The molecule has 0 spiro atoms. The summed E-state index contributed by atoms with van der Waals surface area (Å²) in [5.41, 5.74) is 2.72. The Bertz CT molecular complexity index is 1030. The summed E-state index contributed by atoms with van der Waals surface area (Å²) in [5, 5.41) is 2.91. The number of anilines is 1. The Morgan fingerprint density at radius 1 is 1.10 bits per heavy atom. The van der Waals surface area contributed by atoms with E-state index >= 15 is 0 Å². The Kier molecular flexibility index (Phi) is 6.48. The van der Waals surface area contributed by atoms with Crippen LogP contribution in [0.1, 0.15) is 30.9 Å². The first kappa shape index (κ1) is 21.6. The zero-order chi connectivity index (χ0) is 21.8. The van der Waals surface area contributed by atoms with Gasteiger partial charge in [-0.1, -0.05) is 36.4 Å². The average molecular weight is 444 g/mol. The molecular formula is C23H29N3O4S. The average Bonchev–Trinajstić information content (AvgIpc) is 3.30. The van der Waals surface area contributed by atoms with Gasteiger partial charge in [0.1, 0.15) is 5.75 Å². The number of nitrogens with one attached hydrogen (secondary N) is 1. The molecule has 2 aliphatic heterocycles. The van der Waals surface area contributed by atoms with Crippen molar-refractivity contribution in [2.24, 2.45) is 0 Å². The highest BCUT2D eigenvalue weighted by Gasteiger charge is 2.35. The Hall–Kier alpha value is -2.58. The van der Waals surface area contributed by atoms with Gasteiger partial charge in [-0.25, -0.2) is 8.42 Å². The second-order valence-electron chi connectivity index (χ2n) is 8.03. The lowest BCUT2D eigenvalue weighted by Crippen LogP contribution is -2.50. The van der Waals surface area contributed by atoms with Gasteiger partial charge in [-0.05, 0) is 56.1 Å². The zero-order valence-corrected chi connectivity index (χ0v) is 18.6. The van der Waals surface area contributed by atoms with E-state index in [9.17, 15) is 13.2 Å². The number of fused-ring (bicyclic) bond motifs is 1. The molecule has 0 aromatic heterocycles. The number of hydrogen-bond acceptors (Lipinski definition) is 5. The molecule has 0 bridgehead atoms. The zero-order valence-electron chi connectivity index (χ0n) is 17.8. The van der Waals surface area contributed by atoms with Gasteiger partial charge in [0.05, 0.1) is 18.0 Å². The summed E-state index contributed by atoms with van der Waals surface area (Å²) in [5.74, 6) is 0.0359. The van der Waals surface area contributed by atoms with Crippen molar-refractivity contribution in [3.8, 4) is 5.75 Å². The van der Waals surface area contributed by atoms with E-state index in [0.29, 0.717) is 18.0 Å². The van der Waals surface area contributed by atoms with Crippen LogP contribution in [-0.2, 0) is 27.9 Å². The van der Waals surface area contributed by atoms with Gasteiger partial charge in [-0.3, -0.25) is 14.0 Å². The summed E-state index contributed by atoms with van der Waals surface area (Å²) < 4.78 is 32.3. The SMILES string of the molecule is CCS(=O)(=O)N1CC(C(=O)NCc2cccc(CN3CCCC3)c2)Oc2ccccc21. The van der Waals surface area contributed by atoms with Crippen LogP contribution in [0.4, 0.5) is 5.69 Å². The molecule has 0 aliphatic carbocycles. The van der Waals surface area contributed by atoms with Crippen molar-refractivity contribution in [2.45, 2.75) is 39.0 Å². The molecule has 8 heteroatoms. The van der Waals surface area contributed by atoms with Crippen molar-refractivity contribution < 1.29 is 17.9 Å². The van der Waals surface area contributed by atoms with Crippen molar-refractivity contribution in [3.63, 3.8) is 0 Å². The highest BCUT2D eigenvalue weighted by molar-refractivity contribution is 7.92. The maximum atomic E-state index is 12.8. The molecule has 1 amide bonds. The molecular weight excluding hydrogens is 414 g/mol. The molecule has 0 radical (unpaired) electrons. The predicted octanol–water partition coefficient (Wildman–Crippen LogP) is 2.52. The number of benzene rings is 2. The third-order valence-electron chi connectivity index (χ3n) is 5.79. The lowest BCUT2D eigenvalue weighted by atomic mass is 10.1. The van der Waals surface area contributed by atoms with Crippen molar-refractivity contribution >= 4 is 21.6 Å². The van der Waals surface area contributed by atoms with Crippen molar-refractivity contribution in [1.29, 1.82) is 0 Å². The monoisotopic (exact) mass is 443 g/mol. The lowest BCUT2D eigenvalue weighted by molar-refractivity contribution is -0.127. The normalized spacial score (nSPS) is 19.0. The molecule has 2 aromatic carbocycles. The Morgan fingerprint density at radius 2 is 1.84 bits per heavy atom. The van der Waals surface area contributed by atoms with Crippen LogP contribution in [0.25, 0.3) is 0 Å². The number of carbonyl (C=O) groups is 1. The molecule has 1 atom stereocenters. The van der Waals surface area contributed by atoms with Crippen LogP contribution in [0.2, 0.25) is 0 Å². The van der Waals surface area contributed by atoms with E-state index in [0.717, 1.165) is 25.2 Å². The van der Waals surface area contributed by atoms with Gasteiger partial charge in [0.15, 0.2) is 6.10 Å². The minimum absolute atomic E-state index is 0.0337. The fraction of sp³-hybridized carbons (Fsp3) is 0.435. The summed E-state index contributed by atoms with van der Waals surface area (Å²) >= 11 is 0. The molecule has 7 nitrogen and oxygen atoms in total. The number of nitrogens with zero attached hydrogens (tertiary/aromatic N) is 2. The van der Waals surface area contributed by atoms with Crippen LogP contribution in [0.15, 0.2) is 48.5 Å². The molecule has 4 rings (SSSR count). The molecule has 2 aliphatic rings. The number of sulfonamides is 1. The van der Waals surface area contributed by atoms with E-state index in [1.165, 1.54) is 22.7 Å². The summed E-state index contributed by atoms with van der Waals surface area (Å²) in [7, 11) is -3.52. The van der Waals surface area contributed by atoms with Gasteiger partial charge in [-0.2, -0.15) is 0 Å². The molecule has 2 aromatic rings. The van der Waals surface area contributed by atoms with Crippen molar-refractivity contribution in [2.75, 3.05) is 29.7 Å². The third kappa shape index (κ3) is 5.02. The number of likely N-dealkylation sites (tertiary alicyclic amines) is 1. The first-order valence-corrected chi connectivity index (χ1v) is 12.4. The van der Waals surface area contributed by atoms with Gasteiger partial charge >= 0.3 is 0 Å². The van der Waals surface area contributed by atoms with Gasteiger partial charge in [0.2, 0.25) is 10.0 Å². The molecule has 1 unspecified atom stereocenters. The van der Waals surface area contributed by atoms with E-state index in [1.807, 2.05) is 12.1 Å². The van der Waals surface area contributed by atoms with E-state index in [-0.39, 0.29) is 18.2 Å². The smallest absolute Gasteiger partial charge is 0.263 e. The summed E-state index contributed by atoms with van der Waals surface area (Å²) in [6.45, 7) is 5.13. The van der Waals surface area contributed by atoms with Crippen molar-refractivity contribution in [3.05, 3.63) is 59.7 Å². The first-order chi connectivity index (χ1) is 15.0. The second-order valence-corrected chi connectivity index (χ2v) is 10.2. The fourth-order valence-electron chi connectivity index (χ4n) is 4.10. The van der Waals surface area contributed by atoms with Crippen LogP contribution in [0, 0.1) is 0 Å².